The molecular formula is C18H25N3. The van der Waals surface area contributed by atoms with Crippen LogP contribution < -0.4 is 5.32 Å². The number of fused-ring (bicyclic) bond motifs is 1. The molecule has 1 aliphatic rings. The smallest absolute Gasteiger partial charge is 0.0346 e. The second-order valence-electron chi connectivity index (χ2n) is 6.13. The van der Waals surface area contributed by atoms with Gasteiger partial charge >= 0.3 is 0 Å². The van der Waals surface area contributed by atoms with Gasteiger partial charge in [0.2, 0.25) is 0 Å². The fourth-order valence-corrected chi connectivity index (χ4v) is 3.33. The minimum Gasteiger partial charge on any atom is -0.320 e. The van der Waals surface area contributed by atoms with Crippen LogP contribution in [0.25, 0.3) is 10.8 Å². The number of aromatic nitrogens is 1. The zero-order valence-corrected chi connectivity index (χ0v) is 12.9. The van der Waals surface area contributed by atoms with Gasteiger partial charge in [-0.15, -0.1) is 0 Å². The van der Waals surface area contributed by atoms with Crippen LogP contribution in [0.2, 0.25) is 0 Å². The zero-order chi connectivity index (χ0) is 14.5. The lowest BCUT2D eigenvalue weighted by molar-refractivity contribution is 0.173. The van der Waals surface area contributed by atoms with Gasteiger partial charge in [0.1, 0.15) is 0 Å². The predicted molar refractivity (Wildman–Crippen MR) is 88.3 cm³/mol. The van der Waals surface area contributed by atoms with E-state index in [0.717, 1.165) is 19.0 Å². The van der Waals surface area contributed by atoms with Gasteiger partial charge in [0.25, 0.3) is 0 Å². The minimum absolute atomic E-state index is 0.902. The van der Waals surface area contributed by atoms with E-state index >= 15 is 0 Å². The number of hydrogen-bond donors (Lipinski definition) is 1. The maximum Gasteiger partial charge on any atom is 0.0346 e. The van der Waals surface area contributed by atoms with Crippen molar-refractivity contribution in [3.63, 3.8) is 0 Å². The third kappa shape index (κ3) is 3.60. The molecule has 0 atom stereocenters. The molecule has 3 heteroatoms. The summed E-state index contributed by atoms with van der Waals surface area (Å²) in [5.74, 6) is 0.902. The molecule has 0 aliphatic carbocycles. The largest absolute Gasteiger partial charge is 0.320 e. The first-order valence-corrected chi connectivity index (χ1v) is 8.05. The molecule has 0 radical (unpaired) electrons. The topological polar surface area (TPSA) is 28.2 Å². The van der Waals surface area contributed by atoms with Crippen molar-refractivity contribution in [2.24, 2.45) is 5.92 Å². The van der Waals surface area contributed by atoms with Gasteiger partial charge in [-0.05, 0) is 62.8 Å². The Balaban J connectivity index is 1.62. The summed E-state index contributed by atoms with van der Waals surface area (Å²) in [6.07, 6.45) is 7.98. The Morgan fingerprint density at radius 3 is 2.81 bits per heavy atom. The summed E-state index contributed by atoms with van der Waals surface area (Å²) in [7, 11) is 2.04. The Kier molecular flexibility index (Phi) is 4.84. The molecule has 2 aromatic rings. The SMILES string of the molecule is CNCCC1CCN(Cc2cncc3ccccc23)CC1. The van der Waals surface area contributed by atoms with Crippen molar-refractivity contribution in [3.8, 4) is 0 Å². The number of piperidine rings is 1. The van der Waals surface area contributed by atoms with Crippen LogP contribution in [0.3, 0.4) is 0 Å². The molecule has 0 saturated carbocycles. The Morgan fingerprint density at radius 2 is 2.00 bits per heavy atom. The number of benzene rings is 1. The van der Waals surface area contributed by atoms with E-state index in [1.54, 1.807) is 0 Å². The van der Waals surface area contributed by atoms with Gasteiger partial charge in [-0.25, -0.2) is 0 Å². The van der Waals surface area contributed by atoms with Crippen molar-refractivity contribution < 1.29 is 0 Å². The molecule has 0 amide bonds. The van der Waals surface area contributed by atoms with Crippen LogP contribution in [0.5, 0.6) is 0 Å². The van der Waals surface area contributed by atoms with Gasteiger partial charge in [-0.2, -0.15) is 0 Å². The first-order chi connectivity index (χ1) is 10.4. The van der Waals surface area contributed by atoms with Crippen LogP contribution in [0.15, 0.2) is 36.7 Å². The van der Waals surface area contributed by atoms with Crippen LogP contribution in [-0.4, -0.2) is 36.6 Å². The average Bonchev–Trinajstić information content (AvgIpc) is 2.55. The highest BCUT2D eigenvalue weighted by molar-refractivity contribution is 5.84. The summed E-state index contributed by atoms with van der Waals surface area (Å²) < 4.78 is 0. The van der Waals surface area contributed by atoms with E-state index in [0.29, 0.717) is 0 Å². The lowest BCUT2D eigenvalue weighted by Gasteiger charge is -2.32. The third-order valence-electron chi connectivity index (χ3n) is 4.65. The number of pyridine rings is 1. The zero-order valence-electron chi connectivity index (χ0n) is 12.9. The van der Waals surface area contributed by atoms with Gasteiger partial charge in [0.05, 0.1) is 0 Å². The van der Waals surface area contributed by atoms with Crippen LogP contribution in [0.1, 0.15) is 24.8 Å². The minimum atomic E-state index is 0.902. The van der Waals surface area contributed by atoms with E-state index < -0.39 is 0 Å². The Bertz CT molecular complexity index is 568. The fourth-order valence-electron chi connectivity index (χ4n) is 3.33. The average molecular weight is 283 g/mol. The van der Waals surface area contributed by atoms with E-state index in [9.17, 15) is 0 Å². The summed E-state index contributed by atoms with van der Waals surface area (Å²) in [5.41, 5.74) is 1.36. The van der Waals surface area contributed by atoms with Crippen molar-refractivity contribution in [3.05, 3.63) is 42.2 Å². The maximum absolute atomic E-state index is 4.40. The molecule has 1 fully saturated rings. The van der Waals surface area contributed by atoms with Crippen molar-refractivity contribution >= 4 is 10.8 Å². The highest BCUT2D eigenvalue weighted by atomic mass is 15.1. The first kappa shape index (κ1) is 14.5. The predicted octanol–water partition coefficient (Wildman–Crippen LogP) is 3.06. The highest BCUT2D eigenvalue weighted by Crippen LogP contribution is 2.23. The monoisotopic (exact) mass is 283 g/mol. The molecule has 1 N–H and O–H groups in total. The normalized spacial score (nSPS) is 17.4. The van der Waals surface area contributed by atoms with Crippen molar-refractivity contribution in [1.82, 2.24) is 15.2 Å². The molecule has 21 heavy (non-hydrogen) atoms. The van der Waals surface area contributed by atoms with E-state index in [2.05, 4.69) is 39.5 Å². The summed E-state index contributed by atoms with van der Waals surface area (Å²) in [4.78, 5) is 6.98. The number of rotatable bonds is 5. The molecule has 0 unspecified atom stereocenters. The van der Waals surface area contributed by atoms with Crippen molar-refractivity contribution in [2.75, 3.05) is 26.7 Å². The van der Waals surface area contributed by atoms with E-state index in [-0.39, 0.29) is 0 Å². The second kappa shape index (κ2) is 7.01. The van der Waals surface area contributed by atoms with Crippen LogP contribution in [0, 0.1) is 5.92 Å². The molecule has 0 spiro atoms. The molecule has 112 valence electrons. The van der Waals surface area contributed by atoms with E-state index in [1.165, 1.54) is 48.7 Å². The number of nitrogens with one attached hydrogen (secondary N) is 1. The quantitative estimate of drug-likeness (QED) is 0.914. The van der Waals surface area contributed by atoms with Crippen LogP contribution >= 0.6 is 0 Å². The number of hydrogen-bond acceptors (Lipinski definition) is 3. The number of nitrogens with zero attached hydrogens (tertiary/aromatic N) is 2. The van der Waals surface area contributed by atoms with E-state index in [4.69, 9.17) is 0 Å². The first-order valence-electron chi connectivity index (χ1n) is 8.05. The molecule has 0 bridgehead atoms. The molecule has 3 nitrogen and oxygen atoms in total. The Labute approximate surface area is 127 Å². The third-order valence-corrected chi connectivity index (χ3v) is 4.65. The van der Waals surface area contributed by atoms with E-state index in [1.807, 2.05) is 19.4 Å². The lowest BCUT2D eigenvalue weighted by Crippen LogP contribution is -2.34. The molecule has 1 aromatic carbocycles. The summed E-state index contributed by atoms with van der Waals surface area (Å²) in [5, 5.41) is 5.86. The molecule has 1 aliphatic heterocycles. The number of likely N-dealkylation sites (tertiary alicyclic amines) is 1. The summed E-state index contributed by atoms with van der Waals surface area (Å²) in [6, 6.07) is 8.57. The maximum atomic E-state index is 4.40. The summed E-state index contributed by atoms with van der Waals surface area (Å²) >= 11 is 0. The van der Waals surface area contributed by atoms with Gasteiger partial charge in [0.15, 0.2) is 0 Å². The molecule has 1 saturated heterocycles. The van der Waals surface area contributed by atoms with Crippen molar-refractivity contribution in [1.29, 1.82) is 0 Å². The fraction of sp³-hybridized carbons (Fsp3) is 0.500. The Morgan fingerprint density at radius 1 is 1.19 bits per heavy atom. The lowest BCUT2D eigenvalue weighted by atomic mass is 9.93. The van der Waals surface area contributed by atoms with Gasteiger partial charge in [0, 0.05) is 24.3 Å². The van der Waals surface area contributed by atoms with Gasteiger partial charge in [-0.1, -0.05) is 24.3 Å². The molecular weight excluding hydrogens is 258 g/mol. The van der Waals surface area contributed by atoms with Crippen LogP contribution in [-0.2, 0) is 6.54 Å². The van der Waals surface area contributed by atoms with Gasteiger partial charge < -0.3 is 5.32 Å². The molecule has 1 aromatic heterocycles. The second-order valence-corrected chi connectivity index (χ2v) is 6.13. The van der Waals surface area contributed by atoms with Crippen molar-refractivity contribution in [2.45, 2.75) is 25.8 Å². The van der Waals surface area contributed by atoms with Gasteiger partial charge in [-0.3, -0.25) is 9.88 Å². The Hall–Kier alpha value is -1.45. The molecule has 2 heterocycles. The molecule has 3 rings (SSSR count). The summed E-state index contributed by atoms with van der Waals surface area (Å²) in [6.45, 7) is 4.63. The van der Waals surface area contributed by atoms with Crippen LogP contribution in [0.4, 0.5) is 0 Å². The standard InChI is InChI=1S/C18H25N3/c1-19-9-6-15-7-10-21(11-8-15)14-17-13-20-12-16-4-2-3-5-18(16)17/h2-5,12-13,15,19H,6-11,14H2,1H3. The highest BCUT2D eigenvalue weighted by Gasteiger charge is 2.19.